The van der Waals surface area contributed by atoms with Crippen LogP contribution in [0, 0.1) is 0 Å². The SMILES string of the molecule is CCOC(C)CNc1cc(Br)ccc1N. The molecule has 0 aromatic heterocycles. The zero-order chi connectivity index (χ0) is 11.3. The molecular weight excluding hydrogens is 256 g/mol. The molecule has 84 valence electrons. The second-order valence-electron chi connectivity index (χ2n) is 3.38. The van der Waals surface area contributed by atoms with Gasteiger partial charge in [0.1, 0.15) is 0 Å². The number of hydrogen-bond acceptors (Lipinski definition) is 3. The van der Waals surface area contributed by atoms with Gasteiger partial charge >= 0.3 is 0 Å². The standard InChI is InChI=1S/C11H17BrN2O/c1-3-15-8(2)7-14-11-6-9(12)4-5-10(11)13/h4-6,8,14H,3,7,13H2,1-2H3. The third-order valence-corrected chi connectivity index (χ3v) is 2.54. The van der Waals surface area contributed by atoms with Crippen molar-refractivity contribution in [2.45, 2.75) is 20.0 Å². The van der Waals surface area contributed by atoms with Gasteiger partial charge in [0.05, 0.1) is 17.5 Å². The molecule has 0 heterocycles. The highest BCUT2D eigenvalue weighted by molar-refractivity contribution is 9.10. The molecule has 15 heavy (non-hydrogen) atoms. The Hall–Kier alpha value is -0.740. The number of ether oxygens (including phenoxy) is 1. The number of anilines is 2. The highest BCUT2D eigenvalue weighted by atomic mass is 79.9. The van der Waals surface area contributed by atoms with E-state index >= 15 is 0 Å². The zero-order valence-electron chi connectivity index (χ0n) is 9.09. The molecule has 0 saturated carbocycles. The summed E-state index contributed by atoms with van der Waals surface area (Å²) in [7, 11) is 0. The van der Waals surface area contributed by atoms with E-state index in [1.165, 1.54) is 0 Å². The first-order chi connectivity index (χ1) is 7.13. The summed E-state index contributed by atoms with van der Waals surface area (Å²) >= 11 is 3.41. The van der Waals surface area contributed by atoms with Crippen molar-refractivity contribution >= 4 is 27.3 Å². The number of hydrogen-bond donors (Lipinski definition) is 2. The molecule has 4 heteroatoms. The van der Waals surface area contributed by atoms with Gasteiger partial charge in [0, 0.05) is 17.6 Å². The number of nitrogens with two attached hydrogens (primary N) is 1. The van der Waals surface area contributed by atoms with Crippen LogP contribution in [0.2, 0.25) is 0 Å². The van der Waals surface area contributed by atoms with Crippen LogP contribution in [0.15, 0.2) is 22.7 Å². The number of halogens is 1. The Labute approximate surface area is 99.1 Å². The molecule has 0 aliphatic carbocycles. The third-order valence-electron chi connectivity index (χ3n) is 2.05. The fourth-order valence-corrected chi connectivity index (χ4v) is 1.64. The van der Waals surface area contributed by atoms with Crippen LogP contribution in [0.1, 0.15) is 13.8 Å². The van der Waals surface area contributed by atoms with Gasteiger partial charge < -0.3 is 15.8 Å². The average molecular weight is 273 g/mol. The van der Waals surface area contributed by atoms with Crippen LogP contribution < -0.4 is 11.1 Å². The van der Waals surface area contributed by atoms with Gasteiger partial charge in [-0.05, 0) is 32.0 Å². The Kier molecular flexibility index (Phi) is 4.91. The highest BCUT2D eigenvalue weighted by Gasteiger charge is 2.03. The highest BCUT2D eigenvalue weighted by Crippen LogP contribution is 2.23. The Bertz CT molecular complexity index is 317. The summed E-state index contributed by atoms with van der Waals surface area (Å²) in [6.07, 6.45) is 0.188. The van der Waals surface area contributed by atoms with Crippen molar-refractivity contribution in [3.8, 4) is 0 Å². The molecule has 1 unspecified atom stereocenters. The van der Waals surface area contributed by atoms with Crippen molar-refractivity contribution in [1.29, 1.82) is 0 Å². The summed E-state index contributed by atoms with van der Waals surface area (Å²) in [5, 5.41) is 3.26. The Balaban J connectivity index is 2.53. The summed E-state index contributed by atoms with van der Waals surface area (Å²) < 4.78 is 6.44. The minimum absolute atomic E-state index is 0.188. The second kappa shape index (κ2) is 5.98. The fraction of sp³-hybridized carbons (Fsp3) is 0.455. The average Bonchev–Trinajstić information content (AvgIpc) is 2.20. The molecule has 0 radical (unpaired) electrons. The molecular formula is C11H17BrN2O. The van der Waals surface area contributed by atoms with Gasteiger partial charge in [-0.25, -0.2) is 0 Å². The first-order valence-corrected chi connectivity index (χ1v) is 5.83. The van der Waals surface area contributed by atoms with E-state index < -0.39 is 0 Å². The molecule has 1 atom stereocenters. The van der Waals surface area contributed by atoms with Gasteiger partial charge in [-0.2, -0.15) is 0 Å². The molecule has 1 aromatic rings. The molecule has 3 nitrogen and oxygen atoms in total. The van der Waals surface area contributed by atoms with Crippen molar-refractivity contribution < 1.29 is 4.74 Å². The number of rotatable bonds is 5. The molecule has 0 aliphatic rings. The summed E-state index contributed by atoms with van der Waals surface area (Å²) in [5.74, 6) is 0. The van der Waals surface area contributed by atoms with Crippen LogP contribution in [-0.4, -0.2) is 19.3 Å². The van der Waals surface area contributed by atoms with E-state index in [0.29, 0.717) is 0 Å². The number of nitrogens with one attached hydrogen (secondary N) is 1. The van der Waals surface area contributed by atoms with E-state index in [-0.39, 0.29) is 6.10 Å². The van der Waals surface area contributed by atoms with Crippen LogP contribution in [0.5, 0.6) is 0 Å². The van der Waals surface area contributed by atoms with Crippen LogP contribution in [0.25, 0.3) is 0 Å². The Morgan fingerprint density at radius 3 is 2.93 bits per heavy atom. The molecule has 0 bridgehead atoms. The molecule has 3 N–H and O–H groups in total. The smallest absolute Gasteiger partial charge is 0.0719 e. The van der Waals surface area contributed by atoms with Crippen molar-refractivity contribution in [1.82, 2.24) is 0 Å². The summed E-state index contributed by atoms with van der Waals surface area (Å²) in [6.45, 7) is 5.51. The van der Waals surface area contributed by atoms with E-state index in [4.69, 9.17) is 10.5 Å². The van der Waals surface area contributed by atoms with E-state index in [2.05, 4.69) is 21.2 Å². The molecule has 0 fully saturated rings. The molecule has 0 spiro atoms. The van der Waals surface area contributed by atoms with Crippen LogP contribution >= 0.6 is 15.9 Å². The number of nitrogen functional groups attached to an aromatic ring is 1. The first kappa shape index (κ1) is 12.3. The van der Waals surface area contributed by atoms with E-state index in [9.17, 15) is 0 Å². The summed E-state index contributed by atoms with van der Waals surface area (Å²) in [4.78, 5) is 0. The lowest BCUT2D eigenvalue weighted by atomic mass is 10.2. The molecule has 1 aromatic carbocycles. The lowest BCUT2D eigenvalue weighted by Gasteiger charge is -2.15. The molecule has 0 aliphatic heterocycles. The van der Waals surface area contributed by atoms with E-state index in [1.807, 2.05) is 32.0 Å². The van der Waals surface area contributed by atoms with Crippen LogP contribution in [-0.2, 0) is 4.74 Å². The topological polar surface area (TPSA) is 47.3 Å². The molecule has 0 saturated heterocycles. The maximum atomic E-state index is 5.83. The van der Waals surface area contributed by atoms with Crippen LogP contribution in [0.3, 0.4) is 0 Å². The van der Waals surface area contributed by atoms with Crippen LogP contribution in [0.4, 0.5) is 11.4 Å². The van der Waals surface area contributed by atoms with Crippen molar-refractivity contribution in [2.75, 3.05) is 24.2 Å². The fourth-order valence-electron chi connectivity index (χ4n) is 1.28. The maximum Gasteiger partial charge on any atom is 0.0719 e. The predicted octanol–water partition coefficient (Wildman–Crippen LogP) is 2.87. The monoisotopic (exact) mass is 272 g/mol. The van der Waals surface area contributed by atoms with Crippen molar-refractivity contribution in [2.24, 2.45) is 0 Å². The van der Waals surface area contributed by atoms with Crippen molar-refractivity contribution in [3.05, 3.63) is 22.7 Å². The van der Waals surface area contributed by atoms with E-state index in [0.717, 1.165) is 29.0 Å². The maximum absolute atomic E-state index is 5.83. The second-order valence-corrected chi connectivity index (χ2v) is 4.29. The molecule has 0 amide bonds. The van der Waals surface area contributed by atoms with Gasteiger partial charge in [-0.3, -0.25) is 0 Å². The van der Waals surface area contributed by atoms with Gasteiger partial charge in [0.25, 0.3) is 0 Å². The number of benzene rings is 1. The predicted molar refractivity (Wildman–Crippen MR) is 68.1 cm³/mol. The molecule has 1 rings (SSSR count). The lowest BCUT2D eigenvalue weighted by Crippen LogP contribution is -2.20. The van der Waals surface area contributed by atoms with Gasteiger partial charge in [0.15, 0.2) is 0 Å². The van der Waals surface area contributed by atoms with Gasteiger partial charge in [-0.1, -0.05) is 15.9 Å². The van der Waals surface area contributed by atoms with E-state index in [1.54, 1.807) is 0 Å². The summed E-state index contributed by atoms with van der Waals surface area (Å²) in [5.41, 5.74) is 7.52. The van der Waals surface area contributed by atoms with Gasteiger partial charge in [-0.15, -0.1) is 0 Å². The van der Waals surface area contributed by atoms with Gasteiger partial charge in [0.2, 0.25) is 0 Å². The largest absolute Gasteiger partial charge is 0.397 e. The first-order valence-electron chi connectivity index (χ1n) is 5.04. The minimum atomic E-state index is 0.188. The van der Waals surface area contributed by atoms with Crippen molar-refractivity contribution in [3.63, 3.8) is 0 Å². The Morgan fingerprint density at radius 1 is 1.53 bits per heavy atom. The quantitative estimate of drug-likeness (QED) is 0.811. The minimum Gasteiger partial charge on any atom is -0.397 e. The zero-order valence-corrected chi connectivity index (χ0v) is 10.7. The normalized spacial score (nSPS) is 12.5. The Morgan fingerprint density at radius 2 is 2.27 bits per heavy atom. The lowest BCUT2D eigenvalue weighted by molar-refractivity contribution is 0.0855. The summed E-state index contributed by atoms with van der Waals surface area (Å²) in [6, 6.07) is 5.76. The third kappa shape index (κ3) is 4.10.